The van der Waals surface area contributed by atoms with Gasteiger partial charge in [-0.1, -0.05) is 23.8 Å². The van der Waals surface area contributed by atoms with Gasteiger partial charge in [0.1, 0.15) is 12.4 Å². The number of nitrogens with one attached hydrogen (secondary N) is 1. The minimum absolute atomic E-state index is 0.0534. The van der Waals surface area contributed by atoms with Crippen molar-refractivity contribution in [2.75, 3.05) is 26.3 Å². The van der Waals surface area contributed by atoms with E-state index in [-0.39, 0.29) is 17.5 Å². The zero-order valence-corrected chi connectivity index (χ0v) is 16.2. The Kier molecular flexibility index (Phi) is 4.63. The fourth-order valence-electron chi connectivity index (χ4n) is 4.11. The fraction of sp³-hybridized carbons (Fsp3) is 0.550. The Hall–Kier alpha value is -2.41. The van der Waals surface area contributed by atoms with E-state index in [0.29, 0.717) is 26.3 Å². The summed E-state index contributed by atoms with van der Waals surface area (Å²) in [6.07, 6.45) is 3.75. The normalized spacial score (nSPS) is 21.1. The van der Waals surface area contributed by atoms with Gasteiger partial charge in [-0.3, -0.25) is 4.68 Å². The third-order valence-electron chi connectivity index (χ3n) is 5.82. The van der Waals surface area contributed by atoms with Gasteiger partial charge in [-0.05, 0) is 37.8 Å². The van der Waals surface area contributed by atoms with E-state index < -0.39 is 0 Å². The lowest BCUT2D eigenvalue weighted by atomic mass is 9.91. The summed E-state index contributed by atoms with van der Waals surface area (Å²) >= 11 is 0. The van der Waals surface area contributed by atoms with Crippen molar-refractivity contribution in [3.8, 4) is 0 Å². The summed E-state index contributed by atoms with van der Waals surface area (Å²) in [6.45, 7) is 6.49. The molecule has 27 heavy (non-hydrogen) atoms. The molecule has 1 aliphatic carbocycles. The number of morpholine rings is 1. The minimum Gasteiger partial charge on any atom is -0.377 e. The van der Waals surface area contributed by atoms with E-state index in [9.17, 15) is 4.79 Å². The summed E-state index contributed by atoms with van der Waals surface area (Å²) in [5.41, 5.74) is 4.03. The maximum atomic E-state index is 13.0. The van der Waals surface area contributed by atoms with Crippen LogP contribution in [0.15, 0.2) is 24.5 Å². The van der Waals surface area contributed by atoms with Crippen LogP contribution in [-0.4, -0.2) is 52.0 Å². The van der Waals surface area contributed by atoms with Gasteiger partial charge in [0.15, 0.2) is 5.82 Å². The van der Waals surface area contributed by atoms with Gasteiger partial charge in [-0.15, -0.1) is 0 Å². The van der Waals surface area contributed by atoms with Crippen LogP contribution in [0, 0.1) is 13.8 Å². The average Bonchev–Trinajstić information content (AvgIpc) is 3.32. The van der Waals surface area contributed by atoms with Crippen LogP contribution in [-0.2, 0) is 17.2 Å². The lowest BCUT2D eigenvalue weighted by Gasteiger charge is -2.35. The first kappa shape index (κ1) is 18.0. The second-order valence-corrected chi connectivity index (χ2v) is 7.78. The van der Waals surface area contributed by atoms with Gasteiger partial charge in [0.2, 0.25) is 0 Å². The molecule has 1 aliphatic heterocycles. The average molecular weight is 369 g/mol. The molecule has 2 aliphatic rings. The summed E-state index contributed by atoms with van der Waals surface area (Å²) in [5.74, 6) is 0.750. The molecule has 0 radical (unpaired) electrons. The molecule has 7 nitrogen and oxygen atoms in total. The van der Waals surface area contributed by atoms with E-state index in [4.69, 9.17) is 4.74 Å². The third kappa shape index (κ3) is 3.43. The number of carbonyl (C=O) groups excluding carboxylic acids is 1. The number of ether oxygens (including phenoxy) is 1. The molecule has 1 N–H and O–H groups in total. The molecule has 0 bridgehead atoms. The van der Waals surface area contributed by atoms with Crippen molar-refractivity contribution in [3.63, 3.8) is 0 Å². The summed E-state index contributed by atoms with van der Waals surface area (Å²) in [7, 11) is 1.84. The highest BCUT2D eigenvalue weighted by Gasteiger charge is 2.45. The maximum absolute atomic E-state index is 13.0. The van der Waals surface area contributed by atoms with Gasteiger partial charge < -0.3 is 15.0 Å². The van der Waals surface area contributed by atoms with Gasteiger partial charge in [-0.25, -0.2) is 9.78 Å². The van der Waals surface area contributed by atoms with E-state index in [1.165, 1.54) is 23.0 Å². The number of urea groups is 1. The van der Waals surface area contributed by atoms with Crippen LogP contribution in [0.25, 0.3) is 0 Å². The predicted molar refractivity (Wildman–Crippen MR) is 101 cm³/mol. The number of nitrogens with zero attached hydrogens (tertiary/aromatic N) is 4. The monoisotopic (exact) mass is 369 g/mol. The number of amides is 2. The van der Waals surface area contributed by atoms with Gasteiger partial charge >= 0.3 is 6.03 Å². The molecule has 4 rings (SSSR count). The van der Waals surface area contributed by atoms with Crippen LogP contribution in [0.1, 0.15) is 41.4 Å². The molecule has 0 spiro atoms. The Labute approximate surface area is 159 Å². The highest BCUT2D eigenvalue weighted by molar-refractivity contribution is 5.75. The minimum atomic E-state index is -0.206. The molecule has 2 heterocycles. The molecule has 1 unspecified atom stereocenters. The molecular weight excluding hydrogens is 342 g/mol. The Morgan fingerprint density at radius 3 is 2.85 bits per heavy atom. The maximum Gasteiger partial charge on any atom is 0.318 e. The zero-order chi connectivity index (χ0) is 19.0. The highest BCUT2D eigenvalue weighted by Crippen LogP contribution is 2.49. The number of rotatable bonds is 4. The molecule has 144 valence electrons. The first-order chi connectivity index (χ1) is 13.0. The van der Waals surface area contributed by atoms with E-state index in [1.807, 2.05) is 11.9 Å². The molecular formula is C20H27N5O2. The Balaban J connectivity index is 1.46. The molecule has 7 heteroatoms. The molecule has 2 aromatic rings. The molecule has 2 fully saturated rings. The largest absolute Gasteiger partial charge is 0.377 e. The highest BCUT2D eigenvalue weighted by atomic mass is 16.5. The number of hydrogen-bond acceptors (Lipinski definition) is 4. The summed E-state index contributed by atoms with van der Waals surface area (Å²) in [6, 6.07) is 6.35. The van der Waals surface area contributed by atoms with Crippen molar-refractivity contribution in [1.29, 1.82) is 0 Å². The number of hydrogen-bond donors (Lipinski definition) is 1. The van der Waals surface area contributed by atoms with Crippen LogP contribution in [0.3, 0.4) is 0 Å². The van der Waals surface area contributed by atoms with Gasteiger partial charge in [0, 0.05) is 25.6 Å². The van der Waals surface area contributed by atoms with E-state index >= 15 is 0 Å². The lowest BCUT2D eigenvalue weighted by Crippen LogP contribution is -2.50. The SMILES string of the molecule is Cc1ccc(C2(CNC(=O)N3CCOCC3c3ncnn3C)CC2)c(C)c1. The Morgan fingerprint density at radius 2 is 2.19 bits per heavy atom. The van der Waals surface area contributed by atoms with Crippen molar-refractivity contribution >= 4 is 6.03 Å². The second-order valence-electron chi connectivity index (χ2n) is 7.78. The first-order valence-corrected chi connectivity index (χ1v) is 9.54. The third-order valence-corrected chi connectivity index (χ3v) is 5.82. The molecule has 1 aromatic carbocycles. The van der Waals surface area contributed by atoms with Crippen LogP contribution in [0.2, 0.25) is 0 Å². The van der Waals surface area contributed by atoms with E-state index in [1.54, 1.807) is 4.68 Å². The smallest absolute Gasteiger partial charge is 0.318 e. The van der Waals surface area contributed by atoms with Crippen molar-refractivity contribution in [2.24, 2.45) is 7.05 Å². The Bertz CT molecular complexity index is 843. The van der Waals surface area contributed by atoms with Crippen LogP contribution < -0.4 is 5.32 Å². The first-order valence-electron chi connectivity index (χ1n) is 9.54. The standard InChI is InChI=1S/C20H27N5O2/c1-14-4-5-16(15(2)10-14)20(6-7-20)12-21-19(26)25-8-9-27-11-17(25)18-22-13-23-24(18)3/h4-5,10,13,17H,6-9,11-12H2,1-3H3,(H,21,26). The molecule has 1 saturated heterocycles. The number of aromatic nitrogens is 3. The second kappa shape index (κ2) is 6.96. The van der Waals surface area contributed by atoms with E-state index in [2.05, 4.69) is 47.4 Å². The molecule has 1 saturated carbocycles. The predicted octanol–water partition coefficient (Wildman–Crippen LogP) is 2.25. The van der Waals surface area contributed by atoms with Crippen molar-refractivity contribution in [2.45, 2.75) is 38.1 Å². The van der Waals surface area contributed by atoms with Crippen molar-refractivity contribution < 1.29 is 9.53 Å². The van der Waals surface area contributed by atoms with Crippen molar-refractivity contribution in [1.82, 2.24) is 25.0 Å². The quantitative estimate of drug-likeness (QED) is 0.897. The van der Waals surface area contributed by atoms with Crippen LogP contribution in [0.4, 0.5) is 4.79 Å². The van der Waals surface area contributed by atoms with Gasteiger partial charge in [0.25, 0.3) is 0 Å². The fourth-order valence-corrected chi connectivity index (χ4v) is 4.11. The number of carbonyl (C=O) groups is 1. The summed E-state index contributed by atoms with van der Waals surface area (Å²) < 4.78 is 7.30. The van der Waals surface area contributed by atoms with Crippen LogP contribution in [0.5, 0.6) is 0 Å². The lowest BCUT2D eigenvalue weighted by molar-refractivity contribution is 0.00734. The molecule has 1 aromatic heterocycles. The van der Waals surface area contributed by atoms with Crippen molar-refractivity contribution in [3.05, 3.63) is 47.0 Å². The molecule has 2 amide bonds. The molecule has 1 atom stereocenters. The topological polar surface area (TPSA) is 72.3 Å². The Morgan fingerprint density at radius 1 is 1.37 bits per heavy atom. The number of benzene rings is 1. The van der Waals surface area contributed by atoms with Crippen LogP contribution >= 0.6 is 0 Å². The summed E-state index contributed by atoms with van der Waals surface area (Å²) in [4.78, 5) is 19.1. The number of aryl methyl sites for hydroxylation is 3. The van der Waals surface area contributed by atoms with E-state index in [0.717, 1.165) is 18.7 Å². The van der Waals surface area contributed by atoms with Gasteiger partial charge in [-0.2, -0.15) is 5.10 Å². The van der Waals surface area contributed by atoms with Gasteiger partial charge in [0.05, 0.1) is 13.2 Å². The zero-order valence-electron chi connectivity index (χ0n) is 16.2. The summed E-state index contributed by atoms with van der Waals surface area (Å²) in [5, 5.41) is 7.31.